The fourth-order valence-corrected chi connectivity index (χ4v) is 3.71. The van der Waals surface area contributed by atoms with E-state index < -0.39 is 6.04 Å². The second-order valence-corrected chi connectivity index (χ2v) is 7.01. The second-order valence-electron chi connectivity index (χ2n) is 7.01. The topological polar surface area (TPSA) is 65.2 Å². The Labute approximate surface area is 152 Å². The molecule has 0 saturated heterocycles. The van der Waals surface area contributed by atoms with Crippen molar-refractivity contribution in [2.75, 3.05) is 5.32 Å². The summed E-state index contributed by atoms with van der Waals surface area (Å²) in [6, 6.07) is 14.7. The van der Waals surface area contributed by atoms with Gasteiger partial charge in [0.2, 0.25) is 5.91 Å². The monoisotopic (exact) mass is 347 g/mol. The molecule has 0 radical (unpaired) electrons. The van der Waals surface area contributed by atoms with Gasteiger partial charge in [0.15, 0.2) is 0 Å². The van der Waals surface area contributed by atoms with E-state index in [1.54, 1.807) is 4.90 Å². The van der Waals surface area contributed by atoms with E-state index in [-0.39, 0.29) is 17.7 Å². The highest BCUT2D eigenvalue weighted by Gasteiger charge is 2.37. The lowest BCUT2D eigenvalue weighted by Gasteiger charge is -2.30. The van der Waals surface area contributed by atoms with Crippen molar-refractivity contribution in [3.8, 4) is 0 Å². The number of H-pyrrole nitrogens is 1. The third-order valence-electron chi connectivity index (χ3n) is 4.94. The Kier molecular flexibility index (Phi) is 3.99. The molecular weight excluding hydrogens is 326 g/mol. The van der Waals surface area contributed by atoms with E-state index >= 15 is 0 Å². The van der Waals surface area contributed by atoms with Crippen LogP contribution in [0, 0.1) is 5.92 Å². The van der Waals surface area contributed by atoms with Crippen LogP contribution in [0.1, 0.15) is 29.8 Å². The number of nitrogens with zero attached hydrogens (tertiary/aromatic N) is 1. The molecule has 0 saturated carbocycles. The summed E-state index contributed by atoms with van der Waals surface area (Å²) in [6.07, 6.45) is 1.85. The fourth-order valence-electron chi connectivity index (χ4n) is 3.71. The molecule has 1 aliphatic rings. The lowest BCUT2D eigenvalue weighted by atomic mass is 10.0. The molecule has 4 rings (SSSR count). The van der Waals surface area contributed by atoms with Crippen LogP contribution in [0.5, 0.6) is 0 Å². The minimum absolute atomic E-state index is 0.00121. The Morgan fingerprint density at radius 1 is 1.12 bits per heavy atom. The van der Waals surface area contributed by atoms with Crippen LogP contribution in [0.15, 0.2) is 54.7 Å². The zero-order chi connectivity index (χ0) is 18.3. The van der Waals surface area contributed by atoms with Crippen molar-refractivity contribution in [1.29, 1.82) is 0 Å². The minimum Gasteiger partial charge on any atom is -0.361 e. The van der Waals surface area contributed by atoms with Gasteiger partial charge in [0, 0.05) is 29.2 Å². The van der Waals surface area contributed by atoms with Gasteiger partial charge < -0.3 is 15.2 Å². The van der Waals surface area contributed by atoms with Gasteiger partial charge in [-0.05, 0) is 35.7 Å². The van der Waals surface area contributed by atoms with E-state index in [4.69, 9.17) is 0 Å². The standard InChI is InChI=1S/C21H21N3O2/c1-13(2)19(24-12-14-6-3-4-7-15(14)21(24)26)20(25)23-18-9-5-8-17-16(18)10-11-22-17/h3-11,13,19,22H,12H2,1-2H3,(H,23,25)/t19-/m1/s1. The zero-order valence-corrected chi connectivity index (χ0v) is 14.8. The van der Waals surface area contributed by atoms with E-state index in [0.29, 0.717) is 12.1 Å². The number of hydrogen-bond acceptors (Lipinski definition) is 2. The molecular formula is C21H21N3O2. The first-order valence-electron chi connectivity index (χ1n) is 8.82. The van der Waals surface area contributed by atoms with Crippen LogP contribution in [0.3, 0.4) is 0 Å². The number of benzene rings is 2. The van der Waals surface area contributed by atoms with E-state index in [0.717, 1.165) is 22.2 Å². The zero-order valence-electron chi connectivity index (χ0n) is 14.8. The van der Waals surface area contributed by atoms with Crippen molar-refractivity contribution in [1.82, 2.24) is 9.88 Å². The molecule has 1 aromatic heterocycles. The fraction of sp³-hybridized carbons (Fsp3) is 0.238. The first-order valence-corrected chi connectivity index (χ1v) is 8.82. The molecule has 2 aromatic carbocycles. The van der Waals surface area contributed by atoms with Gasteiger partial charge in [0.1, 0.15) is 6.04 Å². The van der Waals surface area contributed by atoms with Crippen molar-refractivity contribution in [3.63, 3.8) is 0 Å². The number of anilines is 1. The third kappa shape index (κ3) is 2.65. The first-order chi connectivity index (χ1) is 12.6. The predicted octanol–water partition coefficient (Wildman–Crippen LogP) is 3.79. The summed E-state index contributed by atoms with van der Waals surface area (Å²) in [5.41, 5.74) is 3.39. The van der Waals surface area contributed by atoms with E-state index in [9.17, 15) is 9.59 Å². The number of fused-ring (bicyclic) bond motifs is 2. The van der Waals surface area contributed by atoms with Crippen LogP contribution < -0.4 is 5.32 Å². The van der Waals surface area contributed by atoms with Gasteiger partial charge in [-0.3, -0.25) is 9.59 Å². The molecule has 3 aromatic rings. The number of aromatic nitrogens is 1. The van der Waals surface area contributed by atoms with Crippen molar-refractivity contribution in [2.24, 2.45) is 5.92 Å². The van der Waals surface area contributed by atoms with Crippen molar-refractivity contribution < 1.29 is 9.59 Å². The highest BCUT2D eigenvalue weighted by atomic mass is 16.2. The van der Waals surface area contributed by atoms with Crippen molar-refractivity contribution in [2.45, 2.75) is 26.4 Å². The maximum atomic E-state index is 13.1. The number of carbonyl (C=O) groups is 2. The van der Waals surface area contributed by atoms with Gasteiger partial charge in [-0.25, -0.2) is 0 Å². The maximum absolute atomic E-state index is 13.1. The Bertz CT molecular complexity index is 990. The molecule has 0 fully saturated rings. The van der Waals surface area contributed by atoms with Gasteiger partial charge in [-0.1, -0.05) is 38.1 Å². The quantitative estimate of drug-likeness (QED) is 0.754. The molecule has 26 heavy (non-hydrogen) atoms. The highest BCUT2D eigenvalue weighted by Crippen LogP contribution is 2.28. The Balaban J connectivity index is 1.62. The average Bonchev–Trinajstić information content (AvgIpc) is 3.21. The van der Waals surface area contributed by atoms with Crippen LogP contribution in [0.4, 0.5) is 5.69 Å². The van der Waals surface area contributed by atoms with Crippen LogP contribution in [-0.4, -0.2) is 27.7 Å². The summed E-state index contributed by atoms with van der Waals surface area (Å²) in [6.45, 7) is 4.41. The third-order valence-corrected chi connectivity index (χ3v) is 4.94. The lowest BCUT2D eigenvalue weighted by Crippen LogP contribution is -2.47. The molecule has 0 aliphatic carbocycles. The molecule has 2 N–H and O–H groups in total. The number of carbonyl (C=O) groups excluding carboxylic acids is 2. The first kappa shape index (κ1) is 16.4. The summed E-state index contributed by atoms with van der Waals surface area (Å²) in [5.74, 6) is -0.233. The van der Waals surface area contributed by atoms with Gasteiger partial charge in [0.05, 0.1) is 5.69 Å². The molecule has 2 heterocycles. The Morgan fingerprint density at radius 2 is 1.92 bits per heavy atom. The van der Waals surface area contributed by atoms with Gasteiger partial charge in [-0.2, -0.15) is 0 Å². The smallest absolute Gasteiger partial charge is 0.255 e. The predicted molar refractivity (Wildman–Crippen MR) is 102 cm³/mol. The molecule has 2 amide bonds. The summed E-state index contributed by atoms with van der Waals surface area (Å²) >= 11 is 0. The summed E-state index contributed by atoms with van der Waals surface area (Å²) in [7, 11) is 0. The maximum Gasteiger partial charge on any atom is 0.255 e. The number of hydrogen-bond donors (Lipinski definition) is 2. The van der Waals surface area contributed by atoms with Crippen LogP contribution >= 0.6 is 0 Å². The normalized spacial score (nSPS) is 14.7. The van der Waals surface area contributed by atoms with E-state index in [1.807, 2.05) is 68.6 Å². The number of amides is 2. The minimum atomic E-state index is -0.524. The molecule has 0 bridgehead atoms. The second kappa shape index (κ2) is 6.33. The number of rotatable bonds is 4. The number of nitrogens with one attached hydrogen (secondary N) is 2. The molecule has 5 nitrogen and oxygen atoms in total. The van der Waals surface area contributed by atoms with Crippen molar-refractivity contribution in [3.05, 3.63) is 65.9 Å². The van der Waals surface area contributed by atoms with E-state index in [2.05, 4.69) is 10.3 Å². The largest absolute Gasteiger partial charge is 0.361 e. The number of aromatic amines is 1. The Hall–Kier alpha value is -3.08. The highest BCUT2D eigenvalue weighted by molar-refractivity contribution is 6.06. The molecule has 0 spiro atoms. The van der Waals surface area contributed by atoms with Crippen LogP contribution in [-0.2, 0) is 11.3 Å². The van der Waals surface area contributed by atoms with Gasteiger partial charge in [-0.15, -0.1) is 0 Å². The summed E-state index contributed by atoms with van der Waals surface area (Å²) in [4.78, 5) is 30.7. The molecule has 0 unspecified atom stereocenters. The van der Waals surface area contributed by atoms with Gasteiger partial charge in [0.25, 0.3) is 5.91 Å². The Morgan fingerprint density at radius 3 is 2.69 bits per heavy atom. The molecule has 132 valence electrons. The SMILES string of the molecule is CC(C)[C@H](C(=O)Nc1cccc2[nH]ccc12)N1Cc2ccccc2C1=O. The van der Waals surface area contributed by atoms with Crippen LogP contribution in [0.2, 0.25) is 0 Å². The molecule has 5 heteroatoms. The summed E-state index contributed by atoms with van der Waals surface area (Å²) in [5, 5.41) is 3.98. The molecule has 1 atom stereocenters. The summed E-state index contributed by atoms with van der Waals surface area (Å²) < 4.78 is 0. The lowest BCUT2D eigenvalue weighted by molar-refractivity contribution is -0.122. The van der Waals surface area contributed by atoms with Crippen molar-refractivity contribution >= 4 is 28.4 Å². The molecule has 1 aliphatic heterocycles. The van der Waals surface area contributed by atoms with E-state index in [1.165, 1.54) is 0 Å². The van der Waals surface area contributed by atoms with Gasteiger partial charge >= 0.3 is 0 Å². The van der Waals surface area contributed by atoms with Crippen LogP contribution in [0.25, 0.3) is 10.9 Å². The average molecular weight is 347 g/mol.